The molecule has 1 heterocycles. The molecule has 0 aromatic carbocycles. The second kappa shape index (κ2) is 7.04. The Morgan fingerprint density at radius 1 is 1.29 bits per heavy atom. The van der Waals surface area contributed by atoms with Crippen molar-refractivity contribution in [2.45, 2.75) is 46.6 Å². The van der Waals surface area contributed by atoms with Crippen molar-refractivity contribution in [1.82, 2.24) is 15.2 Å². The van der Waals surface area contributed by atoms with Crippen molar-refractivity contribution in [3.05, 3.63) is 6.20 Å². The lowest BCUT2D eigenvalue weighted by Crippen LogP contribution is -2.16. The number of rotatable bonds is 7. The fourth-order valence-electron chi connectivity index (χ4n) is 1.28. The fraction of sp³-hybridized carbons (Fsp3) is 0.750. The molecule has 1 rings (SSSR count). The maximum absolute atomic E-state index is 4.36. The summed E-state index contributed by atoms with van der Waals surface area (Å²) in [6.45, 7) is 9.53. The van der Waals surface area contributed by atoms with Crippen LogP contribution in [0.15, 0.2) is 6.20 Å². The zero-order valence-corrected chi connectivity index (χ0v) is 11.2. The summed E-state index contributed by atoms with van der Waals surface area (Å²) in [6.07, 6.45) is 3.81. The molecule has 0 saturated carbocycles. The van der Waals surface area contributed by atoms with E-state index in [1.165, 1.54) is 0 Å². The van der Waals surface area contributed by atoms with Crippen molar-refractivity contribution in [3.63, 3.8) is 0 Å². The maximum Gasteiger partial charge on any atom is 0.244 e. The Hall–Kier alpha value is -1.39. The molecule has 1 aromatic rings. The lowest BCUT2D eigenvalue weighted by Gasteiger charge is -2.12. The van der Waals surface area contributed by atoms with Crippen LogP contribution in [0.5, 0.6) is 0 Å². The zero-order chi connectivity index (χ0) is 12.7. The molecule has 0 aliphatic heterocycles. The number of nitrogens with one attached hydrogen (secondary N) is 2. The van der Waals surface area contributed by atoms with E-state index >= 15 is 0 Å². The molecular formula is C12H23N5. The standard InChI is InChI=1S/C12H23N5/c1-5-10(4)15-11-8-14-17-12(16-11)13-7-6-9(2)3/h8-10H,5-7H2,1-4H3,(H2,13,15,16,17). The average Bonchev–Trinajstić information content (AvgIpc) is 2.29. The molecule has 0 bridgehead atoms. The Labute approximate surface area is 103 Å². The summed E-state index contributed by atoms with van der Waals surface area (Å²) in [7, 11) is 0. The first-order chi connectivity index (χ1) is 8.11. The SMILES string of the molecule is CCC(C)Nc1cnnc(NCCC(C)C)n1. The molecule has 0 aliphatic rings. The average molecular weight is 237 g/mol. The Morgan fingerprint density at radius 2 is 2.06 bits per heavy atom. The third-order valence-corrected chi connectivity index (χ3v) is 2.57. The lowest BCUT2D eigenvalue weighted by atomic mass is 10.1. The number of aromatic nitrogens is 3. The molecule has 1 aromatic heterocycles. The van der Waals surface area contributed by atoms with Crippen molar-refractivity contribution >= 4 is 11.8 Å². The van der Waals surface area contributed by atoms with Crippen LogP contribution in [0.3, 0.4) is 0 Å². The van der Waals surface area contributed by atoms with Gasteiger partial charge < -0.3 is 10.6 Å². The largest absolute Gasteiger partial charge is 0.366 e. The van der Waals surface area contributed by atoms with Crippen LogP contribution in [0.2, 0.25) is 0 Å². The van der Waals surface area contributed by atoms with Gasteiger partial charge in [-0.3, -0.25) is 0 Å². The highest BCUT2D eigenvalue weighted by Crippen LogP contribution is 2.07. The summed E-state index contributed by atoms with van der Waals surface area (Å²) >= 11 is 0. The van der Waals surface area contributed by atoms with Gasteiger partial charge in [0.25, 0.3) is 0 Å². The highest BCUT2D eigenvalue weighted by molar-refractivity contribution is 5.37. The molecule has 0 radical (unpaired) electrons. The summed E-state index contributed by atoms with van der Waals surface area (Å²) in [5, 5.41) is 14.3. The number of nitrogens with zero attached hydrogens (tertiary/aromatic N) is 3. The van der Waals surface area contributed by atoms with Crippen molar-refractivity contribution in [2.24, 2.45) is 5.92 Å². The van der Waals surface area contributed by atoms with Crippen LogP contribution in [-0.2, 0) is 0 Å². The van der Waals surface area contributed by atoms with E-state index in [-0.39, 0.29) is 0 Å². The molecule has 17 heavy (non-hydrogen) atoms. The molecule has 0 amide bonds. The van der Waals surface area contributed by atoms with Gasteiger partial charge in [0.15, 0.2) is 5.82 Å². The van der Waals surface area contributed by atoms with E-state index in [1.54, 1.807) is 6.20 Å². The van der Waals surface area contributed by atoms with Crippen molar-refractivity contribution in [3.8, 4) is 0 Å². The van der Waals surface area contributed by atoms with Crippen LogP contribution in [0.25, 0.3) is 0 Å². The highest BCUT2D eigenvalue weighted by Gasteiger charge is 2.03. The van der Waals surface area contributed by atoms with Crippen LogP contribution in [0.4, 0.5) is 11.8 Å². The first-order valence-electron chi connectivity index (χ1n) is 6.32. The molecule has 0 fully saturated rings. The smallest absolute Gasteiger partial charge is 0.244 e. The van der Waals surface area contributed by atoms with Crippen LogP contribution in [0, 0.1) is 5.92 Å². The molecule has 1 atom stereocenters. The number of hydrogen-bond acceptors (Lipinski definition) is 5. The van der Waals surface area contributed by atoms with Crippen LogP contribution in [0.1, 0.15) is 40.5 Å². The minimum atomic E-state index is 0.398. The number of anilines is 2. The summed E-state index contributed by atoms with van der Waals surface area (Å²) in [5.74, 6) is 2.05. The van der Waals surface area contributed by atoms with E-state index in [9.17, 15) is 0 Å². The first kappa shape index (κ1) is 13.7. The van der Waals surface area contributed by atoms with E-state index < -0.39 is 0 Å². The summed E-state index contributed by atoms with van der Waals surface area (Å²) in [6, 6.07) is 0.398. The summed E-state index contributed by atoms with van der Waals surface area (Å²) in [5.41, 5.74) is 0. The molecule has 1 unspecified atom stereocenters. The second-order valence-corrected chi connectivity index (χ2v) is 4.73. The maximum atomic E-state index is 4.36. The molecule has 96 valence electrons. The second-order valence-electron chi connectivity index (χ2n) is 4.73. The van der Waals surface area contributed by atoms with Gasteiger partial charge in [-0.25, -0.2) is 0 Å². The van der Waals surface area contributed by atoms with E-state index in [0.29, 0.717) is 17.9 Å². The fourth-order valence-corrected chi connectivity index (χ4v) is 1.28. The Kier molecular flexibility index (Phi) is 5.66. The topological polar surface area (TPSA) is 62.7 Å². The normalized spacial score (nSPS) is 12.5. The predicted octanol–water partition coefficient (Wildman–Crippen LogP) is 2.54. The lowest BCUT2D eigenvalue weighted by molar-refractivity contribution is 0.605. The van der Waals surface area contributed by atoms with Gasteiger partial charge >= 0.3 is 0 Å². The van der Waals surface area contributed by atoms with E-state index in [4.69, 9.17) is 0 Å². The van der Waals surface area contributed by atoms with Gasteiger partial charge in [0, 0.05) is 12.6 Å². The van der Waals surface area contributed by atoms with Crippen LogP contribution >= 0.6 is 0 Å². The Balaban J connectivity index is 2.48. The summed E-state index contributed by atoms with van der Waals surface area (Å²) in [4.78, 5) is 4.36. The zero-order valence-electron chi connectivity index (χ0n) is 11.2. The van der Waals surface area contributed by atoms with Crippen molar-refractivity contribution in [1.29, 1.82) is 0 Å². The molecule has 0 saturated heterocycles. The molecule has 0 aliphatic carbocycles. The van der Waals surface area contributed by atoms with E-state index in [0.717, 1.165) is 25.2 Å². The minimum absolute atomic E-state index is 0.398. The summed E-state index contributed by atoms with van der Waals surface area (Å²) < 4.78 is 0. The Morgan fingerprint density at radius 3 is 2.71 bits per heavy atom. The third kappa shape index (κ3) is 5.47. The Bertz CT molecular complexity index is 326. The third-order valence-electron chi connectivity index (χ3n) is 2.57. The molecule has 2 N–H and O–H groups in total. The van der Waals surface area contributed by atoms with Crippen molar-refractivity contribution in [2.75, 3.05) is 17.2 Å². The molecule has 0 spiro atoms. The minimum Gasteiger partial charge on any atom is -0.366 e. The van der Waals surface area contributed by atoms with Gasteiger partial charge in [-0.15, -0.1) is 5.10 Å². The first-order valence-corrected chi connectivity index (χ1v) is 6.32. The van der Waals surface area contributed by atoms with E-state index in [2.05, 4.69) is 53.5 Å². The monoisotopic (exact) mass is 237 g/mol. The number of hydrogen-bond donors (Lipinski definition) is 2. The van der Waals surface area contributed by atoms with Gasteiger partial charge in [-0.05, 0) is 25.7 Å². The quantitative estimate of drug-likeness (QED) is 0.763. The van der Waals surface area contributed by atoms with Gasteiger partial charge in [0.05, 0.1) is 6.20 Å². The van der Waals surface area contributed by atoms with Crippen LogP contribution < -0.4 is 10.6 Å². The van der Waals surface area contributed by atoms with Crippen molar-refractivity contribution < 1.29 is 0 Å². The highest BCUT2D eigenvalue weighted by atomic mass is 15.3. The van der Waals surface area contributed by atoms with Gasteiger partial charge in [-0.1, -0.05) is 20.8 Å². The van der Waals surface area contributed by atoms with Gasteiger partial charge in [0.2, 0.25) is 5.95 Å². The predicted molar refractivity (Wildman–Crippen MR) is 71.1 cm³/mol. The van der Waals surface area contributed by atoms with Gasteiger partial charge in [0.1, 0.15) is 0 Å². The van der Waals surface area contributed by atoms with E-state index in [1.807, 2.05) is 0 Å². The van der Waals surface area contributed by atoms with Crippen LogP contribution in [-0.4, -0.2) is 27.8 Å². The van der Waals surface area contributed by atoms with Gasteiger partial charge in [-0.2, -0.15) is 10.1 Å². The molecule has 5 heteroatoms. The molecule has 5 nitrogen and oxygen atoms in total. The molecular weight excluding hydrogens is 214 g/mol.